The maximum absolute atomic E-state index is 13.1. The van der Waals surface area contributed by atoms with Gasteiger partial charge in [0.15, 0.2) is 0 Å². The van der Waals surface area contributed by atoms with Crippen molar-refractivity contribution in [3.05, 3.63) is 64.1 Å². The van der Waals surface area contributed by atoms with Gasteiger partial charge in [0, 0.05) is 48.5 Å². The fourth-order valence-corrected chi connectivity index (χ4v) is 4.12. The van der Waals surface area contributed by atoms with Gasteiger partial charge in [-0.3, -0.25) is 10.2 Å². The Morgan fingerprint density at radius 3 is 2.41 bits per heavy atom. The first-order chi connectivity index (χ1) is 13.1. The lowest BCUT2D eigenvalue weighted by Gasteiger charge is -2.37. The summed E-state index contributed by atoms with van der Waals surface area (Å²) in [6.07, 6.45) is 0. The maximum atomic E-state index is 13.1. The van der Waals surface area contributed by atoms with Crippen LogP contribution < -0.4 is 15.8 Å². The van der Waals surface area contributed by atoms with Gasteiger partial charge < -0.3 is 9.80 Å². The molecular weight excluding hydrogens is 383 g/mol. The first-order valence-electron chi connectivity index (χ1n) is 9.15. The van der Waals surface area contributed by atoms with E-state index in [4.69, 9.17) is 23.2 Å². The van der Waals surface area contributed by atoms with E-state index >= 15 is 0 Å². The summed E-state index contributed by atoms with van der Waals surface area (Å²) in [6.45, 7) is 3.68. The molecule has 2 saturated heterocycles. The third-order valence-corrected chi connectivity index (χ3v) is 5.78. The molecule has 2 fully saturated rings. The summed E-state index contributed by atoms with van der Waals surface area (Å²) in [7, 11) is 0. The number of halogens is 2. The second kappa shape index (κ2) is 8.07. The summed E-state index contributed by atoms with van der Waals surface area (Å²) >= 11 is 12.1. The molecule has 0 aromatic heterocycles. The van der Waals surface area contributed by atoms with E-state index in [2.05, 4.69) is 21.8 Å². The van der Waals surface area contributed by atoms with Crippen LogP contribution in [0.3, 0.4) is 0 Å². The predicted octanol–water partition coefficient (Wildman–Crippen LogP) is 3.11. The van der Waals surface area contributed by atoms with Crippen LogP contribution >= 0.6 is 23.2 Å². The molecule has 0 bridgehead atoms. The van der Waals surface area contributed by atoms with E-state index in [1.54, 1.807) is 0 Å². The van der Waals surface area contributed by atoms with Crippen molar-refractivity contribution in [1.82, 2.24) is 15.8 Å². The Hall–Kier alpha value is -1.79. The number of benzene rings is 2. The smallest absolute Gasteiger partial charge is 0.229 e. The van der Waals surface area contributed by atoms with E-state index in [1.807, 2.05) is 47.4 Å². The fraction of sp³-hybridized carbons (Fsp3) is 0.350. The van der Waals surface area contributed by atoms with Crippen LogP contribution in [0.15, 0.2) is 48.5 Å². The van der Waals surface area contributed by atoms with E-state index in [9.17, 15) is 4.79 Å². The Kier molecular flexibility index (Phi) is 5.55. The maximum Gasteiger partial charge on any atom is 0.229 e. The van der Waals surface area contributed by atoms with Crippen molar-refractivity contribution < 1.29 is 4.79 Å². The van der Waals surface area contributed by atoms with Crippen LogP contribution in [0.5, 0.6) is 0 Å². The average Bonchev–Trinajstić information content (AvgIpc) is 3.18. The van der Waals surface area contributed by atoms with Crippen LogP contribution in [0.25, 0.3) is 0 Å². The van der Waals surface area contributed by atoms with Gasteiger partial charge in [-0.05, 0) is 35.9 Å². The lowest BCUT2D eigenvalue weighted by Crippen LogP contribution is -2.51. The van der Waals surface area contributed by atoms with Crippen molar-refractivity contribution in [2.75, 3.05) is 37.6 Å². The molecule has 0 saturated carbocycles. The highest BCUT2D eigenvalue weighted by Crippen LogP contribution is 2.28. The van der Waals surface area contributed by atoms with Crippen molar-refractivity contribution in [3.8, 4) is 0 Å². The zero-order valence-electron chi connectivity index (χ0n) is 14.9. The molecule has 142 valence electrons. The summed E-state index contributed by atoms with van der Waals surface area (Å²) in [5, 5.41) is 1.43. The molecule has 0 radical (unpaired) electrons. The number of hydrazine groups is 1. The number of carbonyl (C=O) groups excluding carboxylic acids is 1. The number of nitrogens with zero attached hydrogens (tertiary/aromatic N) is 2. The highest BCUT2D eigenvalue weighted by Gasteiger charge is 2.37. The fourth-order valence-electron chi connectivity index (χ4n) is 3.81. The van der Waals surface area contributed by atoms with Crippen molar-refractivity contribution in [3.63, 3.8) is 0 Å². The Bertz CT molecular complexity index is 806. The summed E-state index contributed by atoms with van der Waals surface area (Å²) in [6, 6.07) is 15.5. The monoisotopic (exact) mass is 404 g/mol. The van der Waals surface area contributed by atoms with Crippen molar-refractivity contribution in [2.45, 2.75) is 6.04 Å². The van der Waals surface area contributed by atoms with Crippen LogP contribution in [0.4, 0.5) is 5.69 Å². The summed E-state index contributed by atoms with van der Waals surface area (Å²) in [5.74, 6) is 0.0714. The van der Waals surface area contributed by atoms with E-state index in [0.29, 0.717) is 11.6 Å². The minimum atomic E-state index is -0.121. The number of carbonyl (C=O) groups is 1. The predicted molar refractivity (Wildman–Crippen MR) is 109 cm³/mol. The van der Waals surface area contributed by atoms with Gasteiger partial charge in [0.25, 0.3) is 0 Å². The van der Waals surface area contributed by atoms with E-state index in [-0.39, 0.29) is 17.9 Å². The summed E-state index contributed by atoms with van der Waals surface area (Å²) in [5.41, 5.74) is 8.56. The van der Waals surface area contributed by atoms with E-state index in [1.165, 1.54) is 0 Å². The summed E-state index contributed by atoms with van der Waals surface area (Å²) in [4.78, 5) is 17.4. The number of anilines is 1. The third kappa shape index (κ3) is 4.06. The van der Waals surface area contributed by atoms with Gasteiger partial charge in [0.2, 0.25) is 5.91 Å². The van der Waals surface area contributed by atoms with Crippen LogP contribution in [-0.2, 0) is 4.79 Å². The number of nitrogens with one attached hydrogen (secondary N) is 2. The molecule has 2 unspecified atom stereocenters. The molecule has 2 aliphatic rings. The largest absolute Gasteiger partial charge is 0.368 e. The van der Waals surface area contributed by atoms with Gasteiger partial charge in [0.05, 0.1) is 12.0 Å². The lowest BCUT2D eigenvalue weighted by atomic mass is 9.93. The Morgan fingerprint density at radius 2 is 1.70 bits per heavy atom. The molecule has 2 atom stereocenters. The number of hydrogen-bond acceptors (Lipinski definition) is 4. The molecule has 27 heavy (non-hydrogen) atoms. The lowest BCUT2D eigenvalue weighted by molar-refractivity contribution is -0.135. The molecule has 2 aromatic rings. The Balaban J connectivity index is 1.40. The third-order valence-electron chi connectivity index (χ3n) is 5.29. The minimum Gasteiger partial charge on any atom is -0.368 e. The van der Waals surface area contributed by atoms with Crippen LogP contribution in [-0.4, -0.2) is 43.5 Å². The van der Waals surface area contributed by atoms with Crippen LogP contribution in [0.2, 0.25) is 10.0 Å². The van der Waals surface area contributed by atoms with Gasteiger partial charge in [-0.15, -0.1) is 0 Å². The van der Waals surface area contributed by atoms with E-state index < -0.39 is 0 Å². The SMILES string of the molecule is O=C(C1CNNC1c1ccc(Cl)cc1)N1CCN(c2cccc(Cl)c2)CC1. The molecule has 2 N–H and O–H groups in total. The highest BCUT2D eigenvalue weighted by molar-refractivity contribution is 6.31. The summed E-state index contributed by atoms with van der Waals surface area (Å²) < 4.78 is 0. The molecular formula is C20H22Cl2N4O. The molecule has 5 nitrogen and oxygen atoms in total. The average molecular weight is 405 g/mol. The van der Waals surface area contributed by atoms with Gasteiger partial charge in [0.1, 0.15) is 0 Å². The molecule has 2 heterocycles. The molecule has 2 aromatic carbocycles. The molecule has 0 aliphatic carbocycles. The molecule has 7 heteroatoms. The van der Waals surface area contributed by atoms with Gasteiger partial charge in [-0.2, -0.15) is 0 Å². The normalized spacial score (nSPS) is 22.9. The van der Waals surface area contributed by atoms with Gasteiger partial charge >= 0.3 is 0 Å². The molecule has 1 amide bonds. The zero-order chi connectivity index (χ0) is 18.8. The van der Waals surface area contributed by atoms with Gasteiger partial charge in [-0.1, -0.05) is 41.4 Å². The number of rotatable bonds is 3. The Labute approximate surface area is 169 Å². The minimum absolute atomic E-state index is 0.0410. The first-order valence-corrected chi connectivity index (χ1v) is 9.90. The first kappa shape index (κ1) is 18.6. The zero-order valence-corrected chi connectivity index (χ0v) is 16.4. The van der Waals surface area contributed by atoms with Crippen LogP contribution in [0, 0.1) is 5.92 Å². The standard InChI is InChI=1S/C20H22Cl2N4O/c21-15-6-4-14(5-7-15)19-18(13-23-24-19)20(27)26-10-8-25(9-11-26)17-3-1-2-16(22)12-17/h1-7,12,18-19,23-24H,8-11,13H2. The van der Waals surface area contributed by atoms with Gasteiger partial charge in [-0.25, -0.2) is 5.43 Å². The number of amides is 1. The van der Waals surface area contributed by atoms with Crippen molar-refractivity contribution >= 4 is 34.8 Å². The second-order valence-corrected chi connectivity index (χ2v) is 7.83. The quantitative estimate of drug-likeness (QED) is 0.824. The molecule has 0 spiro atoms. The second-order valence-electron chi connectivity index (χ2n) is 6.95. The highest BCUT2D eigenvalue weighted by atomic mass is 35.5. The number of hydrogen-bond donors (Lipinski definition) is 2. The Morgan fingerprint density at radius 1 is 0.963 bits per heavy atom. The van der Waals surface area contributed by atoms with Crippen LogP contribution in [0.1, 0.15) is 11.6 Å². The molecule has 2 aliphatic heterocycles. The van der Waals surface area contributed by atoms with Crippen molar-refractivity contribution in [1.29, 1.82) is 0 Å². The number of piperazine rings is 1. The topological polar surface area (TPSA) is 47.6 Å². The van der Waals surface area contributed by atoms with E-state index in [0.717, 1.165) is 42.5 Å². The van der Waals surface area contributed by atoms with Crippen molar-refractivity contribution in [2.24, 2.45) is 5.92 Å². The molecule has 4 rings (SSSR count).